The lowest BCUT2D eigenvalue weighted by atomic mass is 10.0. The van der Waals surface area contributed by atoms with E-state index in [9.17, 15) is 4.79 Å². The maximum Gasteiger partial charge on any atom is 0.223 e. The van der Waals surface area contributed by atoms with E-state index in [2.05, 4.69) is 33.2 Å². The Morgan fingerprint density at radius 1 is 1.35 bits per heavy atom. The Morgan fingerprint density at radius 2 is 2.09 bits per heavy atom. The van der Waals surface area contributed by atoms with Gasteiger partial charge < -0.3 is 9.42 Å². The molecule has 0 spiro atoms. The van der Waals surface area contributed by atoms with Gasteiger partial charge in [0, 0.05) is 23.0 Å². The van der Waals surface area contributed by atoms with Crippen LogP contribution in [0, 0.1) is 13.8 Å². The predicted molar refractivity (Wildman–Crippen MR) is 92.1 cm³/mol. The van der Waals surface area contributed by atoms with Crippen LogP contribution < -0.4 is 0 Å². The zero-order chi connectivity index (χ0) is 16.4. The van der Waals surface area contributed by atoms with Crippen molar-refractivity contribution in [3.8, 4) is 0 Å². The lowest BCUT2D eigenvalue weighted by Gasteiger charge is -2.25. The molecule has 0 saturated carbocycles. The number of hydrogen-bond donors (Lipinski definition) is 0. The Balaban J connectivity index is 1.67. The van der Waals surface area contributed by atoms with Gasteiger partial charge >= 0.3 is 0 Å². The molecule has 23 heavy (non-hydrogen) atoms. The predicted octanol–water partition coefficient (Wildman–Crippen LogP) is 4.35. The van der Waals surface area contributed by atoms with Gasteiger partial charge in [0.15, 0.2) is 0 Å². The minimum absolute atomic E-state index is 0.209. The number of aryl methyl sites for hydroxylation is 2. The molecule has 1 unspecified atom stereocenters. The van der Waals surface area contributed by atoms with Crippen molar-refractivity contribution in [1.29, 1.82) is 0 Å². The number of halogens is 1. The molecule has 2 aromatic rings. The molecule has 1 atom stereocenters. The number of amides is 1. The molecule has 0 bridgehead atoms. The molecule has 3 rings (SSSR count). The maximum absolute atomic E-state index is 12.7. The summed E-state index contributed by atoms with van der Waals surface area (Å²) in [7, 11) is 0. The van der Waals surface area contributed by atoms with Gasteiger partial charge in [-0.05, 0) is 50.8 Å². The van der Waals surface area contributed by atoms with Gasteiger partial charge in [0.2, 0.25) is 5.91 Å². The minimum atomic E-state index is 0.209. The van der Waals surface area contributed by atoms with Gasteiger partial charge in [-0.2, -0.15) is 0 Å². The molecule has 0 radical (unpaired) electrons. The smallest absolute Gasteiger partial charge is 0.223 e. The summed E-state index contributed by atoms with van der Waals surface area (Å²) in [5.74, 6) is 1.04. The highest BCUT2D eigenvalue weighted by atomic mass is 79.9. The monoisotopic (exact) mass is 376 g/mol. The number of nitrogens with zero attached hydrogens (tertiary/aromatic N) is 2. The summed E-state index contributed by atoms with van der Waals surface area (Å²) in [4.78, 5) is 14.7. The average Bonchev–Trinajstić information content (AvgIpc) is 3.14. The molecule has 1 aliphatic rings. The van der Waals surface area contributed by atoms with Crippen molar-refractivity contribution in [3.63, 3.8) is 0 Å². The molecule has 0 N–H and O–H groups in total. The first-order chi connectivity index (χ1) is 11.1. The van der Waals surface area contributed by atoms with Gasteiger partial charge in [0.05, 0.1) is 11.7 Å². The summed E-state index contributed by atoms with van der Waals surface area (Å²) in [5.41, 5.74) is 3.18. The Kier molecular flexibility index (Phi) is 4.85. The van der Waals surface area contributed by atoms with Crippen molar-refractivity contribution in [3.05, 3.63) is 51.3 Å². The second kappa shape index (κ2) is 6.87. The molecule has 5 heteroatoms. The van der Waals surface area contributed by atoms with E-state index in [1.165, 1.54) is 5.56 Å². The fourth-order valence-corrected chi connectivity index (χ4v) is 3.60. The standard InChI is InChI=1S/C18H21BrN2O2/c1-12-16(13(2)23-20-12)9-10-18(22)21-11-3-4-17(21)14-5-7-15(19)8-6-14/h5-8,17H,3-4,9-11H2,1-2H3. The van der Waals surface area contributed by atoms with Crippen LogP contribution in [0.15, 0.2) is 33.3 Å². The zero-order valence-electron chi connectivity index (χ0n) is 13.5. The summed E-state index contributed by atoms with van der Waals surface area (Å²) < 4.78 is 6.24. The summed E-state index contributed by atoms with van der Waals surface area (Å²) in [6, 6.07) is 8.50. The first kappa shape index (κ1) is 16.2. The highest BCUT2D eigenvalue weighted by molar-refractivity contribution is 9.10. The Morgan fingerprint density at radius 3 is 2.74 bits per heavy atom. The van der Waals surface area contributed by atoms with Crippen LogP contribution in [0.4, 0.5) is 0 Å². The summed E-state index contributed by atoms with van der Waals surface area (Å²) in [5, 5.41) is 3.96. The number of carbonyl (C=O) groups is 1. The highest BCUT2D eigenvalue weighted by Crippen LogP contribution is 2.33. The summed E-state index contributed by atoms with van der Waals surface area (Å²) in [6.45, 7) is 4.68. The molecular formula is C18H21BrN2O2. The maximum atomic E-state index is 12.7. The molecule has 0 aliphatic carbocycles. The van der Waals surface area contributed by atoms with Crippen LogP contribution in [0.5, 0.6) is 0 Å². The van der Waals surface area contributed by atoms with Crippen molar-refractivity contribution in [2.24, 2.45) is 0 Å². The van der Waals surface area contributed by atoms with Gasteiger partial charge in [0.25, 0.3) is 0 Å². The molecule has 1 aromatic carbocycles. The first-order valence-electron chi connectivity index (χ1n) is 8.03. The van der Waals surface area contributed by atoms with E-state index in [1.807, 2.05) is 30.9 Å². The summed E-state index contributed by atoms with van der Waals surface area (Å²) >= 11 is 3.46. The third-order valence-corrected chi connectivity index (χ3v) is 5.13. The van der Waals surface area contributed by atoms with Crippen LogP contribution in [0.1, 0.15) is 47.9 Å². The van der Waals surface area contributed by atoms with E-state index in [4.69, 9.17) is 4.52 Å². The first-order valence-corrected chi connectivity index (χ1v) is 8.82. The van der Waals surface area contributed by atoms with Crippen molar-refractivity contribution in [2.75, 3.05) is 6.54 Å². The second-order valence-corrected chi connectivity index (χ2v) is 7.02. The van der Waals surface area contributed by atoms with E-state index in [0.717, 1.165) is 40.9 Å². The SMILES string of the molecule is Cc1noc(C)c1CCC(=O)N1CCCC1c1ccc(Br)cc1. The molecule has 1 aliphatic heterocycles. The fourth-order valence-electron chi connectivity index (χ4n) is 3.33. The Labute approximate surface area is 145 Å². The van der Waals surface area contributed by atoms with E-state index in [0.29, 0.717) is 12.8 Å². The molecule has 2 heterocycles. The number of benzene rings is 1. The lowest BCUT2D eigenvalue weighted by Crippen LogP contribution is -2.30. The number of carbonyl (C=O) groups excluding carboxylic acids is 1. The second-order valence-electron chi connectivity index (χ2n) is 6.10. The third-order valence-electron chi connectivity index (χ3n) is 4.60. The van der Waals surface area contributed by atoms with Crippen LogP contribution in [-0.4, -0.2) is 22.5 Å². The van der Waals surface area contributed by atoms with Crippen molar-refractivity contribution >= 4 is 21.8 Å². The molecule has 1 fully saturated rings. The van der Waals surface area contributed by atoms with Crippen LogP contribution in [0.25, 0.3) is 0 Å². The number of hydrogen-bond acceptors (Lipinski definition) is 3. The quantitative estimate of drug-likeness (QED) is 0.796. The Hall–Kier alpha value is -1.62. The number of aromatic nitrogens is 1. The number of rotatable bonds is 4. The van der Waals surface area contributed by atoms with Gasteiger partial charge in [-0.3, -0.25) is 4.79 Å². The average molecular weight is 377 g/mol. The van der Waals surface area contributed by atoms with Crippen LogP contribution in [-0.2, 0) is 11.2 Å². The number of likely N-dealkylation sites (tertiary alicyclic amines) is 1. The van der Waals surface area contributed by atoms with Crippen molar-refractivity contribution in [1.82, 2.24) is 10.1 Å². The van der Waals surface area contributed by atoms with E-state index < -0.39 is 0 Å². The van der Waals surface area contributed by atoms with Gasteiger partial charge in [-0.25, -0.2) is 0 Å². The van der Waals surface area contributed by atoms with Crippen molar-refractivity contribution in [2.45, 2.75) is 45.6 Å². The van der Waals surface area contributed by atoms with Crippen LogP contribution in [0.3, 0.4) is 0 Å². The molecular weight excluding hydrogens is 356 g/mol. The van der Waals surface area contributed by atoms with E-state index >= 15 is 0 Å². The highest BCUT2D eigenvalue weighted by Gasteiger charge is 2.29. The molecule has 4 nitrogen and oxygen atoms in total. The van der Waals surface area contributed by atoms with Gasteiger partial charge in [0.1, 0.15) is 5.76 Å². The minimum Gasteiger partial charge on any atom is -0.361 e. The Bertz CT molecular complexity index is 674. The molecule has 1 amide bonds. The van der Waals surface area contributed by atoms with E-state index in [-0.39, 0.29) is 11.9 Å². The van der Waals surface area contributed by atoms with Gasteiger partial charge in [-0.15, -0.1) is 0 Å². The van der Waals surface area contributed by atoms with Gasteiger partial charge in [-0.1, -0.05) is 33.2 Å². The zero-order valence-corrected chi connectivity index (χ0v) is 15.1. The summed E-state index contributed by atoms with van der Waals surface area (Å²) in [6.07, 6.45) is 3.32. The molecule has 1 saturated heterocycles. The molecule has 1 aromatic heterocycles. The molecule has 122 valence electrons. The van der Waals surface area contributed by atoms with Crippen LogP contribution >= 0.6 is 15.9 Å². The van der Waals surface area contributed by atoms with Crippen LogP contribution in [0.2, 0.25) is 0 Å². The topological polar surface area (TPSA) is 46.3 Å². The fraction of sp³-hybridized carbons (Fsp3) is 0.444. The third kappa shape index (κ3) is 3.50. The normalized spacial score (nSPS) is 17.7. The largest absolute Gasteiger partial charge is 0.361 e. The van der Waals surface area contributed by atoms with E-state index in [1.54, 1.807) is 0 Å². The van der Waals surface area contributed by atoms with Crippen molar-refractivity contribution < 1.29 is 9.32 Å². The lowest BCUT2D eigenvalue weighted by molar-refractivity contribution is -0.132.